The van der Waals surface area contributed by atoms with E-state index in [2.05, 4.69) is 29.6 Å². The van der Waals surface area contributed by atoms with Crippen molar-refractivity contribution in [3.63, 3.8) is 0 Å². The first-order valence-electron chi connectivity index (χ1n) is 9.76. The molecule has 1 atom stereocenters. The molecule has 0 bridgehead atoms. The molecule has 0 fully saturated rings. The summed E-state index contributed by atoms with van der Waals surface area (Å²) in [5.41, 5.74) is 3.43. The van der Waals surface area contributed by atoms with Crippen LogP contribution in [0.4, 0.5) is 0 Å². The largest absolute Gasteiger partial charge is 0.384 e. The molecule has 0 saturated heterocycles. The lowest BCUT2D eigenvalue weighted by Gasteiger charge is -2.25. The maximum atomic E-state index is 10.8. The zero-order valence-corrected chi connectivity index (χ0v) is 19.9. The molecule has 156 valence electrons. The molecule has 2 aromatic rings. The molecule has 0 aliphatic carbocycles. The number of hydrogen-bond acceptors (Lipinski definition) is 3. The Balaban J connectivity index is 0.00000392. The van der Waals surface area contributed by atoms with Crippen LogP contribution in [0.1, 0.15) is 50.2 Å². The van der Waals surface area contributed by atoms with Gasteiger partial charge in [-0.25, -0.2) is 4.99 Å². The number of hydrogen-bond donors (Lipinski definition) is 3. The molecule has 1 aromatic heterocycles. The fourth-order valence-electron chi connectivity index (χ4n) is 3.23. The monoisotopic (exact) mass is 499 g/mol. The summed E-state index contributed by atoms with van der Waals surface area (Å²) in [5.74, 6) is 0.696. The van der Waals surface area contributed by atoms with Gasteiger partial charge in [-0.3, -0.25) is 4.68 Å². The second kappa shape index (κ2) is 11.4. The first-order chi connectivity index (χ1) is 12.9. The predicted octanol–water partition coefficient (Wildman–Crippen LogP) is 3.13. The van der Waals surface area contributed by atoms with Gasteiger partial charge in [-0.1, -0.05) is 44.2 Å². The van der Waals surface area contributed by atoms with E-state index in [0.29, 0.717) is 19.0 Å². The van der Waals surface area contributed by atoms with Gasteiger partial charge < -0.3 is 15.7 Å². The first kappa shape index (κ1) is 24.4. The smallest absolute Gasteiger partial charge is 0.191 e. The van der Waals surface area contributed by atoms with Gasteiger partial charge in [-0.15, -0.1) is 24.0 Å². The third-order valence-corrected chi connectivity index (χ3v) is 4.76. The number of halogens is 1. The van der Waals surface area contributed by atoms with Crippen LogP contribution in [-0.4, -0.2) is 33.9 Å². The summed E-state index contributed by atoms with van der Waals surface area (Å²) in [7, 11) is 1.99. The normalized spacial score (nSPS) is 13.6. The minimum absolute atomic E-state index is 0. The van der Waals surface area contributed by atoms with Crippen LogP contribution >= 0.6 is 24.0 Å². The maximum absolute atomic E-state index is 10.8. The number of rotatable bonds is 8. The summed E-state index contributed by atoms with van der Waals surface area (Å²) < 4.78 is 1.96. The van der Waals surface area contributed by atoms with Gasteiger partial charge in [0.05, 0.1) is 18.8 Å². The molecule has 6 nitrogen and oxygen atoms in total. The number of benzene rings is 1. The van der Waals surface area contributed by atoms with E-state index >= 15 is 0 Å². The average molecular weight is 499 g/mol. The van der Waals surface area contributed by atoms with Crippen LogP contribution in [0.25, 0.3) is 0 Å². The molecule has 0 amide bonds. The van der Waals surface area contributed by atoms with Crippen molar-refractivity contribution in [2.45, 2.75) is 52.7 Å². The van der Waals surface area contributed by atoms with Crippen LogP contribution in [0.15, 0.2) is 35.3 Å². The van der Waals surface area contributed by atoms with Crippen molar-refractivity contribution in [3.05, 3.63) is 52.8 Å². The Hall–Kier alpha value is -1.61. The molecule has 0 radical (unpaired) electrons. The number of aliphatic imine (C=N–C) groups is 1. The van der Waals surface area contributed by atoms with Gasteiger partial charge in [-0.05, 0) is 32.3 Å². The molecule has 2 rings (SSSR count). The Bertz CT molecular complexity index is 756. The van der Waals surface area contributed by atoms with Gasteiger partial charge in [0.1, 0.15) is 5.60 Å². The predicted molar refractivity (Wildman–Crippen MR) is 126 cm³/mol. The van der Waals surface area contributed by atoms with Crippen molar-refractivity contribution in [1.29, 1.82) is 0 Å². The van der Waals surface area contributed by atoms with Crippen LogP contribution in [0.3, 0.4) is 0 Å². The second-order valence-electron chi connectivity index (χ2n) is 6.89. The summed E-state index contributed by atoms with van der Waals surface area (Å²) in [4.78, 5) is 4.74. The number of nitrogens with one attached hydrogen (secondary N) is 2. The second-order valence-corrected chi connectivity index (χ2v) is 6.89. The molecule has 28 heavy (non-hydrogen) atoms. The molecule has 1 aromatic carbocycles. The molecular weight excluding hydrogens is 465 g/mol. The Labute approximate surface area is 185 Å². The van der Waals surface area contributed by atoms with Crippen molar-refractivity contribution >= 4 is 29.9 Å². The van der Waals surface area contributed by atoms with E-state index in [9.17, 15) is 5.11 Å². The van der Waals surface area contributed by atoms with Crippen LogP contribution in [0.2, 0.25) is 0 Å². The first-order valence-corrected chi connectivity index (χ1v) is 9.76. The van der Waals surface area contributed by atoms with E-state index < -0.39 is 5.60 Å². The highest BCUT2D eigenvalue weighted by atomic mass is 127. The fraction of sp³-hybridized carbons (Fsp3) is 0.524. The maximum Gasteiger partial charge on any atom is 0.191 e. The van der Waals surface area contributed by atoms with Gasteiger partial charge in [0.2, 0.25) is 0 Å². The van der Waals surface area contributed by atoms with E-state index in [4.69, 9.17) is 4.99 Å². The van der Waals surface area contributed by atoms with Gasteiger partial charge in [0.15, 0.2) is 5.96 Å². The molecule has 0 aliphatic heterocycles. The number of aryl methyl sites for hydroxylation is 2. The number of aromatic nitrogens is 2. The van der Waals surface area contributed by atoms with Crippen molar-refractivity contribution in [1.82, 2.24) is 20.4 Å². The standard InChI is InChI=1S/C21H33N5O.HI/c1-6-18-17(19(7-2)26(5)25-18)14-23-20(22-8-3)24-15-21(4,27)16-12-10-9-11-13-16;/h9-13,27H,6-8,14-15H2,1-5H3,(H2,22,23,24);1H. The minimum Gasteiger partial charge on any atom is -0.384 e. The number of nitrogens with zero attached hydrogens (tertiary/aromatic N) is 3. The average Bonchev–Trinajstić information content (AvgIpc) is 2.99. The lowest BCUT2D eigenvalue weighted by atomic mass is 9.96. The summed E-state index contributed by atoms with van der Waals surface area (Å²) in [6, 6.07) is 9.68. The van der Waals surface area contributed by atoms with Crippen LogP contribution in [0.5, 0.6) is 0 Å². The van der Waals surface area contributed by atoms with Crippen molar-refractivity contribution in [2.75, 3.05) is 13.1 Å². The Kier molecular flexibility index (Phi) is 9.95. The highest BCUT2D eigenvalue weighted by Gasteiger charge is 2.23. The molecule has 3 N–H and O–H groups in total. The van der Waals surface area contributed by atoms with Crippen LogP contribution in [-0.2, 0) is 32.0 Å². The Morgan fingerprint density at radius 2 is 1.82 bits per heavy atom. The van der Waals surface area contributed by atoms with Crippen LogP contribution in [0, 0.1) is 0 Å². The zero-order chi connectivity index (χ0) is 19.9. The lowest BCUT2D eigenvalue weighted by molar-refractivity contribution is 0.0617. The van der Waals surface area contributed by atoms with Crippen LogP contribution < -0.4 is 10.6 Å². The Morgan fingerprint density at radius 3 is 2.39 bits per heavy atom. The van der Waals surface area contributed by atoms with Crippen molar-refractivity contribution in [3.8, 4) is 0 Å². The summed E-state index contributed by atoms with van der Waals surface area (Å²) in [6.07, 6.45) is 1.83. The van der Waals surface area contributed by atoms with E-state index in [1.54, 1.807) is 0 Å². The minimum atomic E-state index is -0.977. The quantitative estimate of drug-likeness (QED) is 0.297. The Morgan fingerprint density at radius 1 is 1.14 bits per heavy atom. The van der Waals surface area contributed by atoms with E-state index in [1.807, 2.05) is 55.9 Å². The fourth-order valence-corrected chi connectivity index (χ4v) is 3.23. The van der Waals surface area contributed by atoms with Gasteiger partial charge in [-0.2, -0.15) is 5.10 Å². The van der Waals surface area contributed by atoms with E-state index in [1.165, 1.54) is 11.3 Å². The molecule has 0 spiro atoms. The highest BCUT2D eigenvalue weighted by Crippen LogP contribution is 2.19. The molecule has 7 heteroatoms. The third kappa shape index (κ3) is 6.20. The summed E-state index contributed by atoms with van der Waals surface area (Å²) in [6.45, 7) is 9.81. The molecule has 1 unspecified atom stereocenters. The van der Waals surface area contributed by atoms with Gasteiger partial charge >= 0.3 is 0 Å². The van der Waals surface area contributed by atoms with Crippen molar-refractivity contribution in [2.24, 2.45) is 12.0 Å². The summed E-state index contributed by atoms with van der Waals surface area (Å²) in [5, 5.41) is 21.9. The topological polar surface area (TPSA) is 74.5 Å². The molecular formula is C21H34IN5O. The third-order valence-electron chi connectivity index (χ3n) is 4.76. The van der Waals surface area contributed by atoms with E-state index in [0.717, 1.165) is 30.6 Å². The number of guanidine groups is 1. The molecule has 0 saturated carbocycles. The molecule has 0 aliphatic rings. The van der Waals surface area contributed by atoms with Gasteiger partial charge in [0.25, 0.3) is 0 Å². The SMILES string of the molecule is CCNC(=NCc1c(CC)nn(C)c1CC)NCC(C)(O)c1ccccc1.I. The van der Waals surface area contributed by atoms with Gasteiger partial charge in [0, 0.05) is 24.8 Å². The highest BCUT2D eigenvalue weighted by molar-refractivity contribution is 14.0. The molecule has 1 heterocycles. The zero-order valence-electron chi connectivity index (χ0n) is 17.6. The van der Waals surface area contributed by atoms with E-state index in [-0.39, 0.29) is 24.0 Å². The van der Waals surface area contributed by atoms with Crippen molar-refractivity contribution < 1.29 is 5.11 Å². The summed E-state index contributed by atoms with van der Waals surface area (Å²) >= 11 is 0. The lowest BCUT2D eigenvalue weighted by Crippen LogP contribution is -2.44. The number of aliphatic hydroxyl groups is 1.